The van der Waals surface area contributed by atoms with E-state index < -0.39 is 11.7 Å². The molecule has 0 atom stereocenters. The summed E-state index contributed by atoms with van der Waals surface area (Å²) in [5, 5.41) is 19.2. The summed E-state index contributed by atoms with van der Waals surface area (Å²) in [6.07, 6.45) is -3.07. The number of H-pyrrole nitrogens is 1. The predicted molar refractivity (Wildman–Crippen MR) is 97.8 cm³/mol. The van der Waals surface area contributed by atoms with Crippen LogP contribution in [-0.2, 0) is 12.8 Å². The van der Waals surface area contributed by atoms with Crippen LogP contribution in [0.1, 0.15) is 11.1 Å². The molecule has 6 nitrogen and oxygen atoms in total. The van der Waals surface area contributed by atoms with Gasteiger partial charge in [-0.15, -0.1) is 0 Å². The monoisotopic (exact) mass is 385 g/mol. The quantitative estimate of drug-likeness (QED) is 0.488. The number of hydrogen-bond acceptors (Lipinski definition) is 5. The van der Waals surface area contributed by atoms with E-state index in [0.29, 0.717) is 22.3 Å². The van der Waals surface area contributed by atoms with Gasteiger partial charge in [-0.05, 0) is 42.0 Å². The smallest absolute Gasteiger partial charge is 0.392 e. The third-order valence-electron chi connectivity index (χ3n) is 4.15. The number of fused-ring (bicyclic) bond motifs is 1. The van der Waals surface area contributed by atoms with Crippen LogP contribution in [0.4, 0.5) is 24.7 Å². The molecule has 0 amide bonds. The van der Waals surface area contributed by atoms with Crippen molar-refractivity contribution in [3.63, 3.8) is 0 Å². The Hall–Kier alpha value is -3.46. The van der Waals surface area contributed by atoms with Crippen LogP contribution in [0.5, 0.6) is 0 Å². The molecule has 3 N–H and O–H groups in total. The zero-order valence-electron chi connectivity index (χ0n) is 14.3. The van der Waals surface area contributed by atoms with Gasteiger partial charge in [0.1, 0.15) is 11.5 Å². The van der Waals surface area contributed by atoms with Gasteiger partial charge >= 0.3 is 6.18 Å². The second kappa shape index (κ2) is 6.93. The van der Waals surface area contributed by atoms with Gasteiger partial charge < -0.3 is 10.4 Å². The minimum Gasteiger partial charge on any atom is -0.392 e. The Morgan fingerprint density at radius 1 is 1.07 bits per heavy atom. The van der Waals surface area contributed by atoms with Crippen molar-refractivity contribution in [2.75, 3.05) is 5.32 Å². The number of aliphatic hydroxyl groups is 1. The van der Waals surface area contributed by atoms with E-state index in [1.165, 1.54) is 12.3 Å². The first-order valence-electron chi connectivity index (χ1n) is 8.30. The van der Waals surface area contributed by atoms with Crippen LogP contribution in [0.25, 0.3) is 22.4 Å². The van der Waals surface area contributed by atoms with Crippen molar-refractivity contribution in [2.45, 2.75) is 12.8 Å². The van der Waals surface area contributed by atoms with Gasteiger partial charge in [0.15, 0.2) is 5.65 Å². The molecule has 0 aliphatic carbocycles. The number of alkyl halides is 3. The maximum Gasteiger partial charge on any atom is 0.418 e. The highest BCUT2D eigenvalue weighted by Gasteiger charge is 2.35. The van der Waals surface area contributed by atoms with Crippen LogP contribution >= 0.6 is 0 Å². The number of benzene rings is 1. The molecular formula is C19H14F3N5O. The van der Waals surface area contributed by atoms with Gasteiger partial charge in [0.2, 0.25) is 0 Å². The average molecular weight is 385 g/mol. The molecule has 3 aromatic heterocycles. The molecular weight excluding hydrogens is 371 g/mol. The van der Waals surface area contributed by atoms with Crippen molar-refractivity contribution in [2.24, 2.45) is 0 Å². The summed E-state index contributed by atoms with van der Waals surface area (Å²) < 4.78 is 40.7. The molecule has 0 saturated heterocycles. The van der Waals surface area contributed by atoms with E-state index in [1.807, 2.05) is 0 Å². The van der Waals surface area contributed by atoms with Gasteiger partial charge in [-0.1, -0.05) is 12.1 Å². The van der Waals surface area contributed by atoms with E-state index in [4.69, 9.17) is 0 Å². The summed E-state index contributed by atoms with van der Waals surface area (Å²) in [7, 11) is 0. The van der Waals surface area contributed by atoms with E-state index in [9.17, 15) is 18.3 Å². The van der Waals surface area contributed by atoms with Crippen molar-refractivity contribution < 1.29 is 18.3 Å². The minimum atomic E-state index is -4.59. The van der Waals surface area contributed by atoms with Crippen LogP contribution in [0, 0.1) is 0 Å². The van der Waals surface area contributed by atoms with Crippen molar-refractivity contribution in [1.29, 1.82) is 0 Å². The molecule has 4 rings (SSSR count). The zero-order chi connectivity index (χ0) is 19.7. The molecule has 0 fully saturated rings. The largest absolute Gasteiger partial charge is 0.418 e. The lowest BCUT2D eigenvalue weighted by molar-refractivity contribution is -0.137. The third-order valence-corrected chi connectivity index (χ3v) is 4.15. The molecule has 1 aromatic carbocycles. The highest BCUT2D eigenvalue weighted by molar-refractivity contribution is 5.90. The fourth-order valence-electron chi connectivity index (χ4n) is 2.87. The molecule has 0 unspecified atom stereocenters. The molecule has 0 aliphatic rings. The SMILES string of the molecule is OCc1cccc(Nc2ccc(C(F)(F)F)c(-c3[nH]nc4ncccc34)n2)c1. The summed E-state index contributed by atoms with van der Waals surface area (Å²) in [6, 6.07) is 12.4. The average Bonchev–Trinajstić information content (AvgIpc) is 3.11. The zero-order valence-corrected chi connectivity index (χ0v) is 14.3. The highest BCUT2D eigenvalue weighted by atomic mass is 19.4. The van der Waals surface area contributed by atoms with Gasteiger partial charge in [-0.25, -0.2) is 9.97 Å². The molecule has 0 spiro atoms. The van der Waals surface area contributed by atoms with E-state index in [1.54, 1.807) is 36.4 Å². The lowest BCUT2D eigenvalue weighted by Crippen LogP contribution is -2.10. The first kappa shape index (κ1) is 17.9. The van der Waals surface area contributed by atoms with Crippen LogP contribution in [-0.4, -0.2) is 25.3 Å². The van der Waals surface area contributed by atoms with Crippen LogP contribution < -0.4 is 5.32 Å². The molecule has 0 aliphatic heterocycles. The lowest BCUT2D eigenvalue weighted by Gasteiger charge is -2.14. The van der Waals surface area contributed by atoms with Crippen LogP contribution in [0.2, 0.25) is 0 Å². The second-order valence-corrected chi connectivity index (χ2v) is 6.05. The first-order valence-corrected chi connectivity index (χ1v) is 8.30. The Kier molecular flexibility index (Phi) is 4.44. The number of nitrogens with zero attached hydrogens (tertiary/aromatic N) is 3. The summed E-state index contributed by atoms with van der Waals surface area (Å²) in [5.74, 6) is 0.227. The van der Waals surface area contributed by atoms with Crippen molar-refractivity contribution in [1.82, 2.24) is 20.2 Å². The fourth-order valence-corrected chi connectivity index (χ4v) is 2.87. The topological polar surface area (TPSA) is 86.7 Å². The van der Waals surface area contributed by atoms with Gasteiger partial charge in [0, 0.05) is 17.3 Å². The second-order valence-electron chi connectivity index (χ2n) is 6.05. The Morgan fingerprint density at radius 3 is 2.71 bits per heavy atom. The number of pyridine rings is 2. The van der Waals surface area contributed by atoms with Crippen LogP contribution in [0.3, 0.4) is 0 Å². The number of hydrogen-bond donors (Lipinski definition) is 3. The lowest BCUT2D eigenvalue weighted by atomic mass is 10.1. The number of aromatic amines is 1. The highest BCUT2D eigenvalue weighted by Crippen LogP contribution is 2.38. The fraction of sp³-hybridized carbons (Fsp3) is 0.105. The number of nitrogens with one attached hydrogen (secondary N) is 2. The summed E-state index contributed by atoms with van der Waals surface area (Å²) >= 11 is 0. The van der Waals surface area contributed by atoms with E-state index in [-0.39, 0.29) is 23.8 Å². The molecule has 28 heavy (non-hydrogen) atoms. The molecule has 9 heteroatoms. The Morgan fingerprint density at radius 2 is 1.93 bits per heavy atom. The molecule has 3 heterocycles. The van der Waals surface area contributed by atoms with Crippen molar-refractivity contribution in [3.8, 4) is 11.4 Å². The van der Waals surface area contributed by atoms with Crippen LogP contribution in [0.15, 0.2) is 54.7 Å². The summed E-state index contributed by atoms with van der Waals surface area (Å²) in [6.45, 7) is -0.144. The van der Waals surface area contributed by atoms with Gasteiger partial charge in [-0.3, -0.25) is 5.10 Å². The van der Waals surface area contributed by atoms with Gasteiger partial charge in [0.05, 0.1) is 17.9 Å². The molecule has 0 radical (unpaired) electrons. The van der Waals surface area contributed by atoms with Gasteiger partial charge in [-0.2, -0.15) is 18.3 Å². The summed E-state index contributed by atoms with van der Waals surface area (Å²) in [5.41, 5.74) is 0.566. The van der Waals surface area contributed by atoms with Crippen molar-refractivity contribution >= 4 is 22.5 Å². The first-order chi connectivity index (χ1) is 13.5. The number of aliphatic hydroxyl groups excluding tert-OH is 1. The standard InChI is InChI=1S/C19H14F3N5O/c20-19(21,22)14-6-7-15(24-12-4-1-3-11(9-12)10-28)25-17(14)16-13-5-2-8-23-18(13)27-26-16/h1-9,28H,10H2,(H,24,25)(H,23,26,27). The van der Waals surface area contributed by atoms with Gasteiger partial charge in [0.25, 0.3) is 0 Å². The summed E-state index contributed by atoms with van der Waals surface area (Å²) in [4.78, 5) is 8.23. The predicted octanol–water partition coefficient (Wildman–Crippen LogP) is 4.27. The maximum atomic E-state index is 13.6. The number of rotatable bonds is 4. The molecule has 0 bridgehead atoms. The minimum absolute atomic E-state index is 0.142. The maximum absolute atomic E-state index is 13.6. The number of anilines is 2. The number of halogens is 3. The Bertz CT molecular complexity index is 1140. The third kappa shape index (κ3) is 3.39. The molecule has 0 saturated carbocycles. The van der Waals surface area contributed by atoms with E-state index >= 15 is 0 Å². The molecule has 142 valence electrons. The van der Waals surface area contributed by atoms with E-state index in [0.717, 1.165) is 6.07 Å². The Labute approximate surface area is 157 Å². The van der Waals surface area contributed by atoms with Crippen molar-refractivity contribution in [3.05, 3.63) is 65.9 Å². The normalized spacial score (nSPS) is 11.7. The molecule has 4 aromatic rings. The Balaban J connectivity index is 1.82. The number of aromatic nitrogens is 4. The van der Waals surface area contributed by atoms with E-state index in [2.05, 4.69) is 25.5 Å².